The van der Waals surface area contributed by atoms with Gasteiger partial charge in [0.2, 0.25) is 11.8 Å². The minimum atomic E-state index is -4.37. The second-order valence-electron chi connectivity index (χ2n) is 11.0. The molecule has 1 heterocycles. The molecule has 2 aliphatic rings. The van der Waals surface area contributed by atoms with E-state index in [-0.39, 0.29) is 41.4 Å². The molecule has 1 N–H and O–H groups in total. The molecule has 0 bridgehead atoms. The average Bonchev–Trinajstić information content (AvgIpc) is 3.03. The van der Waals surface area contributed by atoms with E-state index in [0.29, 0.717) is 22.9 Å². The second kappa shape index (κ2) is 13.9. The number of carbonyl (C=O) groups is 2. The van der Waals surface area contributed by atoms with Crippen LogP contribution in [0.2, 0.25) is 5.02 Å². The van der Waals surface area contributed by atoms with E-state index in [1.165, 1.54) is 35.2 Å². The lowest BCUT2D eigenvalue weighted by Gasteiger charge is -2.33. The Kier molecular flexibility index (Phi) is 9.95. The minimum absolute atomic E-state index is 0.0254. The Balaban J connectivity index is 1.47. The SMILES string of the molecule is C[C@@H](C(=O)NC1CCCCC1)N(Cc1ccc(Cl)cc1)C(=O)CN(c1ccc(F)cc1)S(=O)(=O)c1ccc2c(c1)OCCO2. The molecule has 9 nitrogen and oxygen atoms in total. The van der Waals surface area contributed by atoms with E-state index >= 15 is 0 Å². The fraction of sp³-hybridized carbons (Fsp3) is 0.375. The number of nitrogens with one attached hydrogen (secondary N) is 1. The zero-order valence-electron chi connectivity index (χ0n) is 24.4. The predicted octanol–water partition coefficient (Wildman–Crippen LogP) is 5.31. The van der Waals surface area contributed by atoms with Crippen LogP contribution in [0, 0.1) is 5.82 Å². The molecule has 2 amide bonds. The summed E-state index contributed by atoms with van der Waals surface area (Å²) in [5, 5.41) is 3.59. The van der Waals surface area contributed by atoms with E-state index in [0.717, 1.165) is 48.5 Å². The summed E-state index contributed by atoms with van der Waals surface area (Å²) in [6, 6.07) is 15.0. The van der Waals surface area contributed by atoms with E-state index in [4.69, 9.17) is 21.1 Å². The summed E-state index contributed by atoms with van der Waals surface area (Å²) in [6.07, 6.45) is 4.92. The Bertz CT molecular complexity index is 1580. The molecule has 3 aromatic rings. The van der Waals surface area contributed by atoms with Crippen LogP contribution in [0.5, 0.6) is 11.5 Å². The Hall–Kier alpha value is -3.83. The Morgan fingerprint density at radius 2 is 1.61 bits per heavy atom. The standard InChI is InChI=1S/C32H35ClFN3O6S/c1-22(32(39)35-26-5-3-2-4-6-26)36(20-23-7-9-24(33)10-8-23)31(38)21-37(27-13-11-25(34)12-14-27)44(40,41)28-15-16-29-30(19-28)43-18-17-42-29/h7-16,19,22,26H,2-6,17-18,20-21H2,1H3,(H,35,39)/t22-/m0/s1. The highest BCUT2D eigenvalue weighted by Crippen LogP contribution is 2.34. The number of anilines is 1. The maximum Gasteiger partial charge on any atom is 0.264 e. The van der Waals surface area contributed by atoms with Crippen LogP contribution >= 0.6 is 11.6 Å². The van der Waals surface area contributed by atoms with Gasteiger partial charge in [-0.05, 0) is 73.9 Å². The van der Waals surface area contributed by atoms with Gasteiger partial charge in [0.1, 0.15) is 31.6 Å². The van der Waals surface area contributed by atoms with Gasteiger partial charge >= 0.3 is 0 Å². The number of ether oxygens (including phenoxy) is 2. The number of halogens is 2. The molecule has 1 atom stereocenters. The summed E-state index contributed by atoms with van der Waals surface area (Å²) >= 11 is 6.07. The first-order valence-corrected chi connectivity index (χ1v) is 16.5. The molecule has 1 fully saturated rings. The van der Waals surface area contributed by atoms with E-state index < -0.39 is 34.3 Å². The predicted molar refractivity (Wildman–Crippen MR) is 165 cm³/mol. The third kappa shape index (κ3) is 7.44. The number of hydrogen-bond acceptors (Lipinski definition) is 6. The maximum atomic E-state index is 14.1. The molecule has 5 rings (SSSR count). The monoisotopic (exact) mass is 643 g/mol. The topological polar surface area (TPSA) is 105 Å². The van der Waals surface area contributed by atoms with Crippen molar-refractivity contribution >= 4 is 39.1 Å². The highest BCUT2D eigenvalue weighted by atomic mass is 35.5. The van der Waals surface area contributed by atoms with Crippen molar-refractivity contribution < 1.29 is 31.9 Å². The molecule has 0 unspecified atom stereocenters. The molecule has 0 spiro atoms. The van der Waals surface area contributed by atoms with Crippen molar-refractivity contribution in [3.05, 3.63) is 83.1 Å². The second-order valence-corrected chi connectivity index (χ2v) is 13.3. The van der Waals surface area contributed by atoms with Crippen molar-refractivity contribution in [2.45, 2.75) is 62.6 Å². The van der Waals surface area contributed by atoms with Gasteiger partial charge in [0.15, 0.2) is 11.5 Å². The van der Waals surface area contributed by atoms with Gasteiger partial charge in [0.25, 0.3) is 10.0 Å². The molecule has 1 aliphatic carbocycles. The molecule has 1 aliphatic heterocycles. The molecule has 3 aromatic carbocycles. The first-order valence-electron chi connectivity index (χ1n) is 14.6. The number of hydrogen-bond donors (Lipinski definition) is 1. The minimum Gasteiger partial charge on any atom is -0.486 e. The number of fused-ring (bicyclic) bond motifs is 1. The molecule has 1 saturated carbocycles. The van der Waals surface area contributed by atoms with Crippen molar-refractivity contribution in [3.63, 3.8) is 0 Å². The van der Waals surface area contributed by atoms with Crippen LogP contribution in [0.3, 0.4) is 0 Å². The lowest BCUT2D eigenvalue weighted by molar-refractivity contribution is -0.139. The Labute approximate surface area is 261 Å². The van der Waals surface area contributed by atoms with Gasteiger partial charge < -0.3 is 19.7 Å². The molecular formula is C32H35ClFN3O6S. The van der Waals surface area contributed by atoms with Gasteiger partial charge in [0, 0.05) is 23.7 Å². The van der Waals surface area contributed by atoms with Crippen molar-refractivity contribution in [2.75, 3.05) is 24.1 Å². The quantitative estimate of drug-likeness (QED) is 0.321. The molecule has 234 valence electrons. The summed E-state index contributed by atoms with van der Waals surface area (Å²) in [6.45, 7) is 1.62. The largest absolute Gasteiger partial charge is 0.486 e. The summed E-state index contributed by atoms with van der Waals surface area (Å²) in [5.41, 5.74) is 0.795. The number of amides is 2. The van der Waals surface area contributed by atoms with Crippen LogP contribution in [0.25, 0.3) is 0 Å². The van der Waals surface area contributed by atoms with Gasteiger partial charge in [-0.3, -0.25) is 13.9 Å². The highest BCUT2D eigenvalue weighted by Gasteiger charge is 2.34. The van der Waals surface area contributed by atoms with E-state index in [2.05, 4.69) is 5.32 Å². The van der Waals surface area contributed by atoms with Crippen molar-refractivity contribution in [2.24, 2.45) is 0 Å². The zero-order chi connectivity index (χ0) is 31.3. The first kappa shape index (κ1) is 31.6. The molecule has 0 radical (unpaired) electrons. The van der Waals surface area contributed by atoms with Crippen LogP contribution in [0.15, 0.2) is 71.6 Å². The lowest BCUT2D eigenvalue weighted by atomic mass is 9.95. The number of nitrogens with zero attached hydrogens (tertiary/aromatic N) is 2. The summed E-state index contributed by atoms with van der Waals surface area (Å²) in [5.74, 6) is -0.820. The van der Waals surface area contributed by atoms with Crippen LogP contribution < -0.4 is 19.1 Å². The normalized spacial score (nSPS) is 15.7. The Morgan fingerprint density at radius 3 is 2.30 bits per heavy atom. The van der Waals surface area contributed by atoms with E-state index in [9.17, 15) is 22.4 Å². The number of sulfonamides is 1. The fourth-order valence-corrected chi connectivity index (χ4v) is 6.94. The highest BCUT2D eigenvalue weighted by molar-refractivity contribution is 7.92. The van der Waals surface area contributed by atoms with Gasteiger partial charge in [-0.25, -0.2) is 12.8 Å². The third-order valence-corrected chi connectivity index (χ3v) is 9.90. The van der Waals surface area contributed by atoms with Crippen LogP contribution in [-0.2, 0) is 26.2 Å². The Morgan fingerprint density at radius 1 is 0.955 bits per heavy atom. The number of benzene rings is 3. The molecule has 0 saturated heterocycles. The molecule has 0 aromatic heterocycles. The fourth-order valence-electron chi connectivity index (χ4n) is 5.39. The first-order chi connectivity index (χ1) is 21.1. The van der Waals surface area contributed by atoms with E-state index in [1.807, 2.05) is 0 Å². The summed E-state index contributed by atoms with van der Waals surface area (Å²) < 4.78 is 54.1. The van der Waals surface area contributed by atoms with Gasteiger partial charge in [0.05, 0.1) is 10.6 Å². The summed E-state index contributed by atoms with van der Waals surface area (Å²) in [7, 11) is -4.37. The van der Waals surface area contributed by atoms with Crippen LogP contribution in [0.4, 0.5) is 10.1 Å². The zero-order valence-corrected chi connectivity index (χ0v) is 26.0. The lowest BCUT2D eigenvalue weighted by Crippen LogP contribution is -2.53. The van der Waals surface area contributed by atoms with Gasteiger partial charge in [-0.2, -0.15) is 0 Å². The molecular weight excluding hydrogens is 609 g/mol. The summed E-state index contributed by atoms with van der Waals surface area (Å²) in [4.78, 5) is 28.8. The number of rotatable bonds is 10. The number of carbonyl (C=O) groups excluding carboxylic acids is 2. The smallest absolute Gasteiger partial charge is 0.264 e. The van der Waals surface area contributed by atoms with Crippen molar-refractivity contribution in [1.82, 2.24) is 10.2 Å². The van der Waals surface area contributed by atoms with Gasteiger partial charge in [-0.1, -0.05) is 43.0 Å². The molecule has 12 heteroatoms. The molecule has 44 heavy (non-hydrogen) atoms. The third-order valence-electron chi connectivity index (χ3n) is 7.88. The van der Waals surface area contributed by atoms with Crippen LogP contribution in [0.1, 0.15) is 44.6 Å². The average molecular weight is 644 g/mol. The van der Waals surface area contributed by atoms with Crippen LogP contribution in [-0.4, -0.2) is 57.0 Å². The van der Waals surface area contributed by atoms with E-state index in [1.54, 1.807) is 31.2 Å². The maximum absolute atomic E-state index is 14.1. The van der Waals surface area contributed by atoms with Gasteiger partial charge in [-0.15, -0.1) is 0 Å². The van der Waals surface area contributed by atoms with Crippen molar-refractivity contribution in [3.8, 4) is 11.5 Å². The van der Waals surface area contributed by atoms with Crippen molar-refractivity contribution in [1.29, 1.82) is 0 Å².